The third-order valence-electron chi connectivity index (χ3n) is 3.74. The summed E-state index contributed by atoms with van der Waals surface area (Å²) in [6.07, 6.45) is 2.61. The molecular weight excluding hydrogens is 228 g/mol. The largest absolute Gasteiger partial charge is 0.381 e. The van der Waals surface area contributed by atoms with Crippen LogP contribution in [0.2, 0.25) is 0 Å². The fourth-order valence-electron chi connectivity index (χ4n) is 2.77. The molecule has 0 bridgehead atoms. The van der Waals surface area contributed by atoms with Gasteiger partial charge >= 0.3 is 0 Å². The summed E-state index contributed by atoms with van der Waals surface area (Å²) < 4.78 is 7.44. The summed E-state index contributed by atoms with van der Waals surface area (Å²) in [5.41, 5.74) is 2.44. The fourth-order valence-corrected chi connectivity index (χ4v) is 2.77. The van der Waals surface area contributed by atoms with E-state index in [0.29, 0.717) is 6.10 Å². The maximum atomic E-state index is 5.43. The van der Waals surface area contributed by atoms with Crippen LogP contribution in [0.25, 0.3) is 0 Å². The minimum absolute atomic E-state index is 0.420. The Kier molecular flexibility index (Phi) is 4.24. The van der Waals surface area contributed by atoms with E-state index in [4.69, 9.17) is 4.74 Å². The standard InChI is InChI=1S/C13H24N4O/c1-10-12(9-14-2)13(16(3)15-10)17-7-5-11(18-4)6-8-17/h11,14H,5-9H2,1-4H3. The predicted molar refractivity (Wildman–Crippen MR) is 73.0 cm³/mol. The van der Waals surface area contributed by atoms with Gasteiger partial charge in [0.2, 0.25) is 0 Å². The lowest BCUT2D eigenvalue weighted by Gasteiger charge is -2.33. The first-order valence-corrected chi connectivity index (χ1v) is 6.62. The summed E-state index contributed by atoms with van der Waals surface area (Å²) in [4.78, 5) is 2.43. The average molecular weight is 252 g/mol. The van der Waals surface area contributed by atoms with Crippen molar-refractivity contribution >= 4 is 5.82 Å². The van der Waals surface area contributed by atoms with E-state index >= 15 is 0 Å². The van der Waals surface area contributed by atoms with Gasteiger partial charge in [0.25, 0.3) is 0 Å². The summed E-state index contributed by atoms with van der Waals surface area (Å²) in [6, 6.07) is 0. The van der Waals surface area contributed by atoms with Crippen molar-refractivity contribution in [2.24, 2.45) is 7.05 Å². The lowest BCUT2D eigenvalue weighted by molar-refractivity contribution is 0.0816. The van der Waals surface area contributed by atoms with Crippen LogP contribution in [0.15, 0.2) is 0 Å². The lowest BCUT2D eigenvalue weighted by Crippen LogP contribution is -2.38. The molecule has 1 saturated heterocycles. The highest BCUT2D eigenvalue weighted by atomic mass is 16.5. The summed E-state index contributed by atoms with van der Waals surface area (Å²) >= 11 is 0. The molecule has 18 heavy (non-hydrogen) atoms. The van der Waals surface area contributed by atoms with Crippen LogP contribution in [0, 0.1) is 6.92 Å². The number of nitrogens with zero attached hydrogens (tertiary/aromatic N) is 3. The Hall–Kier alpha value is -1.07. The molecule has 5 heteroatoms. The highest BCUT2D eigenvalue weighted by Gasteiger charge is 2.24. The number of nitrogens with one attached hydrogen (secondary N) is 1. The first-order chi connectivity index (χ1) is 8.67. The van der Waals surface area contributed by atoms with Crippen LogP contribution in [0.1, 0.15) is 24.1 Å². The smallest absolute Gasteiger partial charge is 0.131 e. The Morgan fingerprint density at radius 2 is 2.06 bits per heavy atom. The van der Waals surface area contributed by atoms with Crippen molar-refractivity contribution in [1.82, 2.24) is 15.1 Å². The van der Waals surface area contributed by atoms with Crippen LogP contribution in [0.3, 0.4) is 0 Å². The fraction of sp³-hybridized carbons (Fsp3) is 0.769. The van der Waals surface area contributed by atoms with Gasteiger partial charge in [-0.15, -0.1) is 0 Å². The van der Waals surface area contributed by atoms with Gasteiger partial charge in [0.05, 0.1) is 11.8 Å². The van der Waals surface area contributed by atoms with Gasteiger partial charge in [-0.2, -0.15) is 5.10 Å². The Labute approximate surface area is 109 Å². The molecule has 5 nitrogen and oxygen atoms in total. The number of piperidine rings is 1. The molecule has 0 spiro atoms. The van der Waals surface area contributed by atoms with Crippen LogP contribution in [-0.4, -0.2) is 43.1 Å². The second-order valence-electron chi connectivity index (χ2n) is 4.96. The Morgan fingerprint density at radius 1 is 1.39 bits per heavy atom. The molecule has 0 saturated carbocycles. The first kappa shape index (κ1) is 13.4. The minimum atomic E-state index is 0.420. The number of hydrogen-bond donors (Lipinski definition) is 1. The van der Waals surface area contributed by atoms with Crippen molar-refractivity contribution in [3.63, 3.8) is 0 Å². The van der Waals surface area contributed by atoms with E-state index in [0.717, 1.165) is 38.2 Å². The maximum absolute atomic E-state index is 5.43. The van der Waals surface area contributed by atoms with Crippen molar-refractivity contribution in [2.45, 2.75) is 32.4 Å². The third-order valence-corrected chi connectivity index (χ3v) is 3.74. The highest BCUT2D eigenvalue weighted by Crippen LogP contribution is 2.26. The molecule has 0 aromatic carbocycles. The second-order valence-corrected chi connectivity index (χ2v) is 4.96. The molecule has 2 rings (SSSR count). The van der Waals surface area contributed by atoms with Gasteiger partial charge in [0, 0.05) is 39.4 Å². The van der Waals surface area contributed by atoms with Gasteiger partial charge in [0.1, 0.15) is 5.82 Å². The molecule has 1 aromatic heterocycles. The van der Waals surface area contributed by atoms with Gasteiger partial charge < -0.3 is 15.0 Å². The van der Waals surface area contributed by atoms with Gasteiger partial charge in [0.15, 0.2) is 0 Å². The molecule has 0 unspecified atom stereocenters. The summed E-state index contributed by atoms with van der Waals surface area (Å²) in [7, 11) is 5.82. The van der Waals surface area contributed by atoms with Gasteiger partial charge in [-0.3, -0.25) is 4.68 Å². The normalized spacial score (nSPS) is 17.4. The highest BCUT2D eigenvalue weighted by molar-refractivity contribution is 5.50. The average Bonchev–Trinajstić information content (AvgIpc) is 2.65. The molecule has 2 heterocycles. The molecule has 0 aliphatic carbocycles. The quantitative estimate of drug-likeness (QED) is 0.870. The maximum Gasteiger partial charge on any atom is 0.131 e. The second kappa shape index (κ2) is 5.71. The monoisotopic (exact) mass is 252 g/mol. The first-order valence-electron chi connectivity index (χ1n) is 6.62. The predicted octanol–water partition coefficient (Wildman–Crippen LogP) is 1.06. The van der Waals surface area contributed by atoms with E-state index in [1.54, 1.807) is 7.11 Å². The van der Waals surface area contributed by atoms with E-state index in [2.05, 4.69) is 22.2 Å². The summed E-state index contributed by atoms with van der Waals surface area (Å²) in [5, 5.41) is 7.78. The molecule has 0 amide bonds. The van der Waals surface area contributed by atoms with Crippen LogP contribution in [0.5, 0.6) is 0 Å². The van der Waals surface area contributed by atoms with E-state index in [9.17, 15) is 0 Å². The van der Waals surface area contributed by atoms with Crippen molar-refractivity contribution in [2.75, 3.05) is 32.1 Å². The topological polar surface area (TPSA) is 42.3 Å². The lowest BCUT2D eigenvalue weighted by atomic mass is 10.1. The SMILES string of the molecule is CNCc1c(C)nn(C)c1N1CCC(OC)CC1. The molecule has 0 radical (unpaired) electrons. The zero-order valence-corrected chi connectivity index (χ0v) is 11.9. The Bertz CT molecular complexity index is 394. The third kappa shape index (κ3) is 2.52. The van der Waals surface area contributed by atoms with Gasteiger partial charge in [-0.25, -0.2) is 0 Å². The Balaban J connectivity index is 2.17. The van der Waals surface area contributed by atoms with Crippen LogP contribution in [0.4, 0.5) is 5.82 Å². The molecule has 1 aromatic rings. The number of methoxy groups -OCH3 is 1. The zero-order valence-electron chi connectivity index (χ0n) is 11.9. The van der Waals surface area contributed by atoms with E-state index in [-0.39, 0.29) is 0 Å². The number of hydrogen-bond acceptors (Lipinski definition) is 4. The zero-order chi connectivity index (χ0) is 13.1. The van der Waals surface area contributed by atoms with Crippen molar-refractivity contribution in [3.05, 3.63) is 11.3 Å². The van der Waals surface area contributed by atoms with Gasteiger partial charge in [-0.1, -0.05) is 0 Å². The van der Waals surface area contributed by atoms with E-state index in [1.807, 2.05) is 18.8 Å². The summed E-state index contributed by atoms with van der Waals surface area (Å²) in [6.45, 7) is 5.06. The molecule has 0 atom stereocenters. The molecule has 1 fully saturated rings. The number of aromatic nitrogens is 2. The molecule has 1 N–H and O–H groups in total. The van der Waals surface area contributed by atoms with Gasteiger partial charge in [-0.05, 0) is 26.8 Å². The van der Waals surface area contributed by atoms with Crippen molar-refractivity contribution in [1.29, 1.82) is 0 Å². The van der Waals surface area contributed by atoms with Crippen molar-refractivity contribution < 1.29 is 4.74 Å². The minimum Gasteiger partial charge on any atom is -0.381 e. The number of aryl methyl sites for hydroxylation is 2. The van der Waals surface area contributed by atoms with E-state index in [1.165, 1.54) is 11.4 Å². The number of anilines is 1. The van der Waals surface area contributed by atoms with Crippen LogP contribution >= 0.6 is 0 Å². The molecular formula is C13H24N4O. The van der Waals surface area contributed by atoms with Crippen molar-refractivity contribution in [3.8, 4) is 0 Å². The van der Waals surface area contributed by atoms with Crippen LogP contribution in [-0.2, 0) is 18.3 Å². The molecule has 102 valence electrons. The van der Waals surface area contributed by atoms with Crippen LogP contribution < -0.4 is 10.2 Å². The Morgan fingerprint density at radius 3 is 2.61 bits per heavy atom. The molecule has 1 aliphatic rings. The summed E-state index contributed by atoms with van der Waals surface area (Å²) in [5.74, 6) is 1.26. The number of ether oxygens (including phenoxy) is 1. The van der Waals surface area contributed by atoms with E-state index < -0.39 is 0 Å². The number of rotatable bonds is 4. The molecule has 1 aliphatic heterocycles.